The molecular formula is C18H25NO4. The van der Waals surface area contributed by atoms with Crippen LogP contribution in [0.5, 0.6) is 11.5 Å². The van der Waals surface area contributed by atoms with Crippen molar-refractivity contribution in [1.29, 1.82) is 0 Å². The van der Waals surface area contributed by atoms with Crippen molar-refractivity contribution in [3.63, 3.8) is 0 Å². The molecule has 0 aromatic heterocycles. The lowest BCUT2D eigenvalue weighted by Gasteiger charge is -2.21. The summed E-state index contributed by atoms with van der Waals surface area (Å²) in [6, 6.07) is 5.83. The highest BCUT2D eigenvalue weighted by molar-refractivity contribution is 5.40. The van der Waals surface area contributed by atoms with Gasteiger partial charge in [0.05, 0.1) is 27.4 Å². The molecule has 0 heterocycles. The molecule has 0 saturated carbocycles. The number of hydrogen-bond donors (Lipinski definition) is 1. The number of benzene rings is 1. The second-order valence-electron chi connectivity index (χ2n) is 5.27. The van der Waals surface area contributed by atoms with Crippen LogP contribution in [0.25, 0.3) is 0 Å². The monoisotopic (exact) mass is 319 g/mol. The standard InChI is InChI=1S/C18H25NO4/c1-20-15-7-5-13(17(9-15)22-3)11-19-12-14-6-8-16(21-2)10-18(14)23-4/h5-9,16,19H,10-12H2,1-4H3. The van der Waals surface area contributed by atoms with Gasteiger partial charge in [-0.3, -0.25) is 0 Å². The van der Waals surface area contributed by atoms with Crippen LogP contribution in [0, 0.1) is 0 Å². The van der Waals surface area contributed by atoms with E-state index in [1.54, 1.807) is 28.4 Å². The Morgan fingerprint density at radius 2 is 1.87 bits per heavy atom. The van der Waals surface area contributed by atoms with Gasteiger partial charge in [-0.05, 0) is 6.07 Å². The molecule has 126 valence electrons. The van der Waals surface area contributed by atoms with E-state index in [0.29, 0.717) is 6.54 Å². The number of nitrogens with one attached hydrogen (secondary N) is 1. The van der Waals surface area contributed by atoms with Crippen molar-refractivity contribution >= 4 is 0 Å². The summed E-state index contributed by atoms with van der Waals surface area (Å²) >= 11 is 0. The van der Waals surface area contributed by atoms with E-state index in [1.165, 1.54) is 0 Å². The van der Waals surface area contributed by atoms with Gasteiger partial charge in [-0.15, -0.1) is 0 Å². The molecular weight excluding hydrogens is 294 g/mol. The molecule has 5 nitrogen and oxygen atoms in total. The van der Waals surface area contributed by atoms with Crippen LogP contribution in [0.3, 0.4) is 0 Å². The van der Waals surface area contributed by atoms with E-state index in [1.807, 2.05) is 18.2 Å². The molecule has 0 amide bonds. The van der Waals surface area contributed by atoms with Gasteiger partial charge < -0.3 is 24.3 Å². The fraction of sp³-hybridized carbons (Fsp3) is 0.444. The van der Waals surface area contributed by atoms with Gasteiger partial charge in [-0.2, -0.15) is 0 Å². The van der Waals surface area contributed by atoms with Crippen LogP contribution >= 0.6 is 0 Å². The van der Waals surface area contributed by atoms with Gasteiger partial charge in [0, 0.05) is 43.8 Å². The van der Waals surface area contributed by atoms with E-state index in [4.69, 9.17) is 18.9 Å². The summed E-state index contributed by atoms with van der Waals surface area (Å²) in [6.45, 7) is 1.43. The van der Waals surface area contributed by atoms with Crippen LogP contribution in [0.15, 0.2) is 41.7 Å². The van der Waals surface area contributed by atoms with E-state index in [9.17, 15) is 0 Å². The van der Waals surface area contributed by atoms with Crippen molar-refractivity contribution in [2.75, 3.05) is 35.0 Å². The van der Waals surface area contributed by atoms with Crippen molar-refractivity contribution in [2.24, 2.45) is 0 Å². The number of ether oxygens (including phenoxy) is 4. The minimum atomic E-state index is 0.0929. The van der Waals surface area contributed by atoms with Crippen LogP contribution in [-0.2, 0) is 16.0 Å². The first kappa shape index (κ1) is 17.4. The fourth-order valence-electron chi connectivity index (χ4n) is 2.56. The molecule has 0 saturated heterocycles. The number of hydrogen-bond acceptors (Lipinski definition) is 5. The Hall–Kier alpha value is -1.98. The van der Waals surface area contributed by atoms with Gasteiger partial charge >= 0.3 is 0 Å². The van der Waals surface area contributed by atoms with Gasteiger partial charge in [0.25, 0.3) is 0 Å². The fourth-order valence-corrected chi connectivity index (χ4v) is 2.56. The average Bonchev–Trinajstić information content (AvgIpc) is 2.61. The molecule has 1 N–H and O–H groups in total. The number of methoxy groups -OCH3 is 4. The van der Waals surface area contributed by atoms with Gasteiger partial charge in [0.2, 0.25) is 0 Å². The SMILES string of the molecule is COC1=C(CNCc2ccc(OC)cc2OC)C=CC(OC)C1. The molecule has 1 aliphatic rings. The summed E-state index contributed by atoms with van der Waals surface area (Å²) in [4.78, 5) is 0. The Bertz CT molecular complexity index is 580. The molecule has 0 radical (unpaired) electrons. The predicted molar refractivity (Wildman–Crippen MR) is 89.8 cm³/mol. The first-order valence-corrected chi connectivity index (χ1v) is 7.60. The normalized spacial score (nSPS) is 17.3. The molecule has 1 aliphatic carbocycles. The largest absolute Gasteiger partial charge is 0.501 e. The zero-order valence-electron chi connectivity index (χ0n) is 14.2. The molecule has 1 aromatic rings. The van der Waals surface area contributed by atoms with E-state index >= 15 is 0 Å². The Balaban J connectivity index is 1.97. The van der Waals surface area contributed by atoms with Crippen molar-refractivity contribution in [2.45, 2.75) is 19.1 Å². The summed E-state index contributed by atoms with van der Waals surface area (Å²) in [5.74, 6) is 2.57. The van der Waals surface area contributed by atoms with Crippen LogP contribution in [0.1, 0.15) is 12.0 Å². The molecule has 0 aliphatic heterocycles. The summed E-state index contributed by atoms with van der Waals surface area (Å²) in [5.41, 5.74) is 2.23. The quantitative estimate of drug-likeness (QED) is 0.798. The summed E-state index contributed by atoms with van der Waals surface area (Å²) < 4.78 is 21.5. The lowest BCUT2D eigenvalue weighted by atomic mass is 10.0. The van der Waals surface area contributed by atoms with E-state index in [0.717, 1.165) is 41.4 Å². The predicted octanol–water partition coefficient (Wildman–Crippen LogP) is 2.67. The molecule has 1 unspecified atom stereocenters. The van der Waals surface area contributed by atoms with E-state index in [-0.39, 0.29) is 6.10 Å². The highest BCUT2D eigenvalue weighted by Crippen LogP contribution is 2.25. The van der Waals surface area contributed by atoms with Crippen molar-refractivity contribution in [3.8, 4) is 11.5 Å². The molecule has 0 bridgehead atoms. The highest BCUT2D eigenvalue weighted by Gasteiger charge is 2.16. The summed E-state index contributed by atoms with van der Waals surface area (Å²) in [6.07, 6.45) is 4.99. The zero-order valence-corrected chi connectivity index (χ0v) is 14.2. The summed E-state index contributed by atoms with van der Waals surface area (Å²) in [7, 11) is 6.72. The maximum Gasteiger partial charge on any atom is 0.127 e. The van der Waals surface area contributed by atoms with Gasteiger partial charge in [-0.1, -0.05) is 18.2 Å². The minimum Gasteiger partial charge on any atom is -0.501 e. The molecule has 0 fully saturated rings. The molecule has 0 spiro atoms. The van der Waals surface area contributed by atoms with Crippen LogP contribution in [-0.4, -0.2) is 41.1 Å². The highest BCUT2D eigenvalue weighted by atomic mass is 16.5. The Labute approximate surface area is 137 Å². The van der Waals surface area contributed by atoms with Crippen molar-refractivity contribution < 1.29 is 18.9 Å². The van der Waals surface area contributed by atoms with Crippen molar-refractivity contribution in [1.82, 2.24) is 5.32 Å². The Morgan fingerprint density at radius 3 is 2.52 bits per heavy atom. The lowest BCUT2D eigenvalue weighted by molar-refractivity contribution is 0.120. The maximum atomic E-state index is 5.48. The topological polar surface area (TPSA) is 49.0 Å². The molecule has 5 heteroatoms. The molecule has 2 rings (SSSR count). The minimum absolute atomic E-state index is 0.0929. The molecule has 1 atom stereocenters. The third kappa shape index (κ3) is 4.50. The van der Waals surface area contributed by atoms with Crippen molar-refractivity contribution in [3.05, 3.63) is 47.2 Å². The third-order valence-corrected chi connectivity index (χ3v) is 3.93. The van der Waals surface area contributed by atoms with Gasteiger partial charge in [0.15, 0.2) is 0 Å². The first-order valence-electron chi connectivity index (χ1n) is 7.60. The van der Waals surface area contributed by atoms with Crippen LogP contribution in [0.4, 0.5) is 0 Å². The Kier molecular flexibility index (Phi) is 6.50. The number of rotatable bonds is 8. The van der Waals surface area contributed by atoms with E-state index < -0.39 is 0 Å². The zero-order chi connectivity index (χ0) is 16.7. The van der Waals surface area contributed by atoms with E-state index in [2.05, 4.69) is 17.5 Å². The summed E-state index contributed by atoms with van der Waals surface area (Å²) in [5, 5.41) is 3.43. The second kappa shape index (κ2) is 8.60. The van der Waals surface area contributed by atoms with Gasteiger partial charge in [-0.25, -0.2) is 0 Å². The maximum absolute atomic E-state index is 5.48. The smallest absolute Gasteiger partial charge is 0.127 e. The third-order valence-electron chi connectivity index (χ3n) is 3.93. The second-order valence-corrected chi connectivity index (χ2v) is 5.27. The lowest BCUT2D eigenvalue weighted by Crippen LogP contribution is -2.21. The van der Waals surface area contributed by atoms with Crippen LogP contribution in [0.2, 0.25) is 0 Å². The van der Waals surface area contributed by atoms with Gasteiger partial charge in [0.1, 0.15) is 17.3 Å². The molecule has 23 heavy (non-hydrogen) atoms. The first-order chi connectivity index (χ1) is 11.2. The average molecular weight is 319 g/mol. The van der Waals surface area contributed by atoms with Crippen LogP contribution < -0.4 is 14.8 Å². The molecule has 1 aromatic carbocycles. The Morgan fingerprint density at radius 1 is 1.04 bits per heavy atom.